The van der Waals surface area contributed by atoms with Gasteiger partial charge in [-0.3, -0.25) is 9.78 Å². The number of rotatable bonds is 10. The highest BCUT2D eigenvalue weighted by Crippen LogP contribution is 2.36. The molecular formula is C24H25F3N2O6S. The maximum Gasteiger partial charge on any atom is 0.511 e. The SMILES string of the molecule is CCC(C)Oc1cccc(C(=O)c2ncc(CNS(=O)(=O)C(F)(F)F)c3cc(OC)c(OC)cc23)c1. The van der Waals surface area contributed by atoms with Gasteiger partial charge in [0.1, 0.15) is 11.4 Å². The van der Waals surface area contributed by atoms with Crippen LogP contribution in [0.2, 0.25) is 0 Å². The molecule has 3 aromatic rings. The van der Waals surface area contributed by atoms with Gasteiger partial charge in [0, 0.05) is 23.7 Å². The van der Waals surface area contributed by atoms with Crippen molar-refractivity contribution in [3.63, 3.8) is 0 Å². The van der Waals surface area contributed by atoms with Crippen molar-refractivity contribution >= 4 is 26.6 Å². The zero-order valence-corrected chi connectivity index (χ0v) is 20.8. The third-order valence-electron chi connectivity index (χ3n) is 5.46. The lowest BCUT2D eigenvalue weighted by molar-refractivity contribution is -0.0448. The Balaban J connectivity index is 2.11. The summed E-state index contributed by atoms with van der Waals surface area (Å²) in [6.07, 6.45) is 1.86. The molecule has 0 fully saturated rings. The second kappa shape index (κ2) is 10.7. The first-order valence-electron chi connectivity index (χ1n) is 10.8. The molecule has 2 aromatic carbocycles. The van der Waals surface area contributed by atoms with E-state index in [2.05, 4.69) is 4.98 Å². The van der Waals surface area contributed by atoms with E-state index in [4.69, 9.17) is 14.2 Å². The number of alkyl halides is 3. The first-order chi connectivity index (χ1) is 16.9. The molecule has 3 rings (SSSR count). The van der Waals surface area contributed by atoms with Crippen molar-refractivity contribution in [3.8, 4) is 17.2 Å². The molecule has 36 heavy (non-hydrogen) atoms. The summed E-state index contributed by atoms with van der Waals surface area (Å²) in [5, 5.41) is 0.512. The van der Waals surface area contributed by atoms with Crippen LogP contribution in [0.3, 0.4) is 0 Å². The number of pyridine rings is 1. The third kappa shape index (κ3) is 5.71. The number of hydrogen-bond donors (Lipinski definition) is 1. The highest BCUT2D eigenvalue weighted by atomic mass is 32.2. The first kappa shape index (κ1) is 27.2. The van der Waals surface area contributed by atoms with E-state index in [-0.39, 0.29) is 45.2 Å². The fraction of sp³-hybridized carbons (Fsp3) is 0.333. The molecule has 0 spiro atoms. The molecule has 1 atom stereocenters. The molecule has 12 heteroatoms. The second-order valence-corrected chi connectivity index (χ2v) is 9.61. The van der Waals surface area contributed by atoms with Gasteiger partial charge in [0.25, 0.3) is 0 Å². The lowest BCUT2D eigenvalue weighted by Crippen LogP contribution is -2.36. The molecule has 1 aromatic heterocycles. The number of ketones is 1. The predicted molar refractivity (Wildman–Crippen MR) is 127 cm³/mol. The molecule has 1 heterocycles. The van der Waals surface area contributed by atoms with E-state index >= 15 is 0 Å². The standard InChI is InChI=1S/C24H25F3N2O6S/c1-5-14(2)35-17-8-6-7-15(9-17)23(30)22-19-11-21(34-4)20(33-3)10-18(19)16(12-28-22)13-29-36(31,32)24(25,26)27/h6-12,14,29H,5,13H2,1-4H3. The Kier molecular flexibility index (Phi) is 8.09. The number of benzene rings is 2. The average Bonchev–Trinajstić information content (AvgIpc) is 2.85. The minimum atomic E-state index is -5.59. The van der Waals surface area contributed by atoms with Gasteiger partial charge in [-0.05, 0) is 48.6 Å². The maximum atomic E-state index is 13.4. The lowest BCUT2D eigenvalue weighted by atomic mass is 9.99. The minimum Gasteiger partial charge on any atom is -0.493 e. The molecule has 0 amide bonds. The molecule has 0 bridgehead atoms. The fourth-order valence-electron chi connectivity index (χ4n) is 3.36. The van der Waals surface area contributed by atoms with Crippen LogP contribution >= 0.6 is 0 Å². The molecule has 8 nitrogen and oxygen atoms in total. The van der Waals surface area contributed by atoms with Gasteiger partial charge in [-0.2, -0.15) is 13.2 Å². The number of halogens is 3. The molecule has 0 radical (unpaired) electrons. The smallest absolute Gasteiger partial charge is 0.493 e. The fourth-order valence-corrected chi connectivity index (χ4v) is 3.87. The summed E-state index contributed by atoms with van der Waals surface area (Å²) in [6, 6.07) is 9.47. The zero-order valence-electron chi connectivity index (χ0n) is 20.0. The average molecular weight is 527 g/mol. The first-order valence-corrected chi connectivity index (χ1v) is 12.3. The van der Waals surface area contributed by atoms with Gasteiger partial charge < -0.3 is 14.2 Å². The Morgan fingerprint density at radius 1 is 1.08 bits per heavy atom. The highest BCUT2D eigenvalue weighted by Gasteiger charge is 2.45. The monoisotopic (exact) mass is 526 g/mol. The van der Waals surface area contributed by atoms with Gasteiger partial charge in [-0.25, -0.2) is 13.1 Å². The minimum absolute atomic E-state index is 0.00549. The topological polar surface area (TPSA) is 104 Å². The van der Waals surface area contributed by atoms with Crippen LogP contribution in [0.1, 0.15) is 41.9 Å². The number of methoxy groups -OCH3 is 2. The molecule has 0 aliphatic carbocycles. The molecule has 1 N–H and O–H groups in total. The Bertz CT molecular complexity index is 1380. The summed E-state index contributed by atoms with van der Waals surface area (Å²) >= 11 is 0. The van der Waals surface area contributed by atoms with Crippen molar-refractivity contribution in [2.45, 2.75) is 38.4 Å². The van der Waals surface area contributed by atoms with Crippen LogP contribution in [-0.2, 0) is 16.6 Å². The molecule has 0 saturated heterocycles. The Morgan fingerprint density at radius 3 is 2.31 bits per heavy atom. The molecule has 194 valence electrons. The van der Waals surface area contributed by atoms with Gasteiger partial charge in [-0.1, -0.05) is 19.1 Å². The van der Waals surface area contributed by atoms with Crippen LogP contribution < -0.4 is 18.9 Å². The number of aromatic nitrogens is 1. The number of fused-ring (bicyclic) bond motifs is 1. The van der Waals surface area contributed by atoms with E-state index in [9.17, 15) is 26.4 Å². The van der Waals surface area contributed by atoms with Crippen LogP contribution in [0.5, 0.6) is 17.2 Å². The van der Waals surface area contributed by atoms with E-state index in [1.54, 1.807) is 24.3 Å². The molecule has 1 unspecified atom stereocenters. The molecule has 0 aliphatic rings. The summed E-state index contributed by atoms with van der Waals surface area (Å²) in [5.74, 6) is 0.516. The summed E-state index contributed by atoms with van der Waals surface area (Å²) < 4.78 is 79.3. The van der Waals surface area contributed by atoms with E-state index in [1.807, 2.05) is 13.8 Å². The van der Waals surface area contributed by atoms with Gasteiger partial charge in [0.05, 0.1) is 20.3 Å². The van der Waals surface area contributed by atoms with Gasteiger partial charge in [0.2, 0.25) is 5.78 Å². The van der Waals surface area contributed by atoms with Gasteiger partial charge in [-0.15, -0.1) is 0 Å². The quantitative estimate of drug-likeness (QED) is 0.385. The van der Waals surface area contributed by atoms with E-state index in [1.165, 1.54) is 31.1 Å². The number of ether oxygens (including phenoxy) is 3. The zero-order chi connectivity index (χ0) is 26.7. The summed E-state index contributed by atoms with van der Waals surface area (Å²) in [5.41, 5.74) is -5.10. The third-order valence-corrected chi connectivity index (χ3v) is 6.59. The van der Waals surface area contributed by atoms with Crippen LogP contribution in [-0.4, -0.2) is 45.0 Å². The predicted octanol–water partition coefficient (Wildman–Crippen LogP) is 4.60. The van der Waals surface area contributed by atoms with Crippen molar-refractivity contribution < 1.29 is 40.6 Å². The van der Waals surface area contributed by atoms with Crippen LogP contribution in [0, 0.1) is 0 Å². The number of sulfonamides is 1. The van der Waals surface area contributed by atoms with Crippen molar-refractivity contribution in [2.24, 2.45) is 0 Å². The van der Waals surface area contributed by atoms with Gasteiger partial charge in [0.15, 0.2) is 11.5 Å². The van der Waals surface area contributed by atoms with Crippen molar-refractivity contribution in [1.29, 1.82) is 0 Å². The van der Waals surface area contributed by atoms with Gasteiger partial charge >= 0.3 is 15.5 Å². The van der Waals surface area contributed by atoms with E-state index < -0.39 is 27.9 Å². The summed E-state index contributed by atoms with van der Waals surface area (Å²) in [6.45, 7) is 3.15. The maximum absolute atomic E-state index is 13.4. The molecular weight excluding hydrogens is 501 g/mol. The molecule has 0 saturated carbocycles. The molecule has 0 aliphatic heterocycles. The summed E-state index contributed by atoms with van der Waals surface area (Å²) in [4.78, 5) is 17.6. The summed E-state index contributed by atoms with van der Waals surface area (Å²) in [7, 11) is -2.84. The number of hydrogen-bond acceptors (Lipinski definition) is 7. The number of carbonyl (C=O) groups is 1. The normalized spacial score (nSPS) is 12.9. The Labute approximate surface area is 206 Å². The second-order valence-electron chi connectivity index (χ2n) is 7.85. The van der Waals surface area contributed by atoms with E-state index in [0.717, 1.165) is 12.6 Å². The lowest BCUT2D eigenvalue weighted by Gasteiger charge is -2.16. The van der Waals surface area contributed by atoms with Crippen molar-refractivity contribution in [1.82, 2.24) is 9.71 Å². The Morgan fingerprint density at radius 2 is 1.72 bits per heavy atom. The van der Waals surface area contributed by atoms with Crippen LogP contribution in [0.25, 0.3) is 10.8 Å². The largest absolute Gasteiger partial charge is 0.511 e. The van der Waals surface area contributed by atoms with Crippen molar-refractivity contribution in [2.75, 3.05) is 14.2 Å². The Hall–Kier alpha value is -3.38. The number of nitrogens with zero attached hydrogens (tertiary/aromatic N) is 1. The van der Waals surface area contributed by atoms with Crippen LogP contribution in [0.4, 0.5) is 13.2 Å². The number of nitrogens with one attached hydrogen (secondary N) is 1. The number of carbonyl (C=O) groups excluding carboxylic acids is 1. The van der Waals surface area contributed by atoms with E-state index in [0.29, 0.717) is 5.75 Å². The van der Waals surface area contributed by atoms with Crippen LogP contribution in [0.15, 0.2) is 42.6 Å². The van der Waals surface area contributed by atoms with Crippen molar-refractivity contribution in [3.05, 3.63) is 59.4 Å². The highest BCUT2D eigenvalue weighted by molar-refractivity contribution is 7.90.